The number of rotatable bonds is 8. The molecule has 2 aromatic heterocycles. The minimum absolute atomic E-state index is 0.0448. The Morgan fingerprint density at radius 1 is 1.03 bits per heavy atom. The zero-order chi connectivity index (χ0) is 25.8. The van der Waals surface area contributed by atoms with E-state index in [1.54, 1.807) is 54.0 Å². The average Bonchev–Trinajstić information content (AvgIpc) is 3.12. The number of benzene rings is 2. The first kappa shape index (κ1) is 24.9. The number of esters is 1. The van der Waals surface area contributed by atoms with Gasteiger partial charge in [-0.1, -0.05) is 29.3 Å². The highest BCUT2D eigenvalue weighted by molar-refractivity contribution is 6.30. The molecule has 10 heteroatoms. The second-order valence-corrected chi connectivity index (χ2v) is 8.62. The molecule has 4 rings (SSSR count). The molecule has 0 saturated heterocycles. The molecule has 0 aliphatic heterocycles. The Balaban J connectivity index is 1.56. The third kappa shape index (κ3) is 5.52. The monoisotopic (exact) mass is 507 g/mol. The highest BCUT2D eigenvalue weighted by atomic mass is 35.5. The fourth-order valence-corrected chi connectivity index (χ4v) is 4.09. The summed E-state index contributed by atoms with van der Waals surface area (Å²) in [7, 11) is 0. The van der Waals surface area contributed by atoms with Gasteiger partial charge in [0.15, 0.2) is 0 Å². The lowest BCUT2D eigenvalue weighted by molar-refractivity contribution is -0.763. The van der Waals surface area contributed by atoms with Crippen molar-refractivity contribution < 1.29 is 24.3 Å². The molecular weight excluding hydrogens is 486 g/mol. The molecule has 0 amide bonds. The number of aromatic nitrogens is 2. The van der Waals surface area contributed by atoms with Crippen LogP contribution < -0.4 is 0 Å². The van der Waals surface area contributed by atoms with Crippen LogP contribution in [0.5, 0.6) is 0 Å². The quantitative estimate of drug-likeness (QED) is 0.187. The van der Waals surface area contributed by atoms with Crippen LogP contribution in [-0.4, -0.2) is 26.5 Å². The largest absolute Gasteiger partial charge is 0.459 e. The molecule has 36 heavy (non-hydrogen) atoms. The zero-order valence-electron chi connectivity index (χ0n) is 19.6. The number of nitrogens with zero attached hydrogens (tertiary/aromatic N) is 3. The Morgan fingerprint density at radius 3 is 2.42 bits per heavy atom. The summed E-state index contributed by atoms with van der Waals surface area (Å²) >= 11 is 5.97. The first-order valence-electron chi connectivity index (χ1n) is 11.0. The summed E-state index contributed by atoms with van der Waals surface area (Å²) in [6, 6.07) is 17.2. The summed E-state index contributed by atoms with van der Waals surface area (Å²) in [5.41, 5.74) is 4.27. The van der Waals surface area contributed by atoms with E-state index in [-0.39, 0.29) is 25.5 Å². The molecule has 0 aliphatic rings. The molecule has 0 saturated carbocycles. The number of pyridine rings is 1. The average molecular weight is 508 g/mol. The number of hydrogen-bond donors (Lipinski definition) is 0. The van der Waals surface area contributed by atoms with E-state index >= 15 is 0 Å². The van der Waals surface area contributed by atoms with E-state index in [1.165, 1.54) is 0 Å². The lowest BCUT2D eigenvalue weighted by Gasteiger charge is -2.08. The number of hydrogen-bond acceptors (Lipinski definition) is 7. The molecule has 0 spiro atoms. The maximum Gasteiger partial charge on any atom is 0.310 e. The van der Waals surface area contributed by atoms with Crippen LogP contribution in [0.25, 0.3) is 10.9 Å². The topological polar surface area (TPSA) is 114 Å². The van der Waals surface area contributed by atoms with Crippen molar-refractivity contribution in [2.24, 2.45) is 0 Å². The summed E-state index contributed by atoms with van der Waals surface area (Å²) in [6.45, 7) is 3.34. The fourth-order valence-electron chi connectivity index (χ4n) is 3.96. The normalized spacial score (nSPS) is 10.9. The minimum atomic E-state index is -0.896. The van der Waals surface area contributed by atoms with Gasteiger partial charge in [-0.2, -0.15) is 0 Å². The Hall–Kier alpha value is -4.24. The molecule has 4 aromatic rings. The second kappa shape index (κ2) is 10.6. The summed E-state index contributed by atoms with van der Waals surface area (Å²) in [5, 5.41) is 10.8. The first-order chi connectivity index (χ1) is 17.2. The molecule has 2 aromatic carbocycles. The van der Waals surface area contributed by atoms with Crippen LogP contribution in [-0.2, 0) is 34.0 Å². The van der Waals surface area contributed by atoms with Crippen LogP contribution in [0, 0.1) is 24.0 Å². The van der Waals surface area contributed by atoms with Gasteiger partial charge in [0.1, 0.15) is 13.2 Å². The van der Waals surface area contributed by atoms with Crippen molar-refractivity contribution in [2.75, 3.05) is 0 Å². The molecule has 0 unspecified atom stereocenters. The number of carbonyl (C=O) groups excluding carboxylic acids is 2. The van der Waals surface area contributed by atoms with Crippen molar-refractivity contribution in [3.8, 4) is 0 Å². The van der Waals surface area contributed by atoms with Gasteiger partial charge in [0.2, 0.25) is 0 Å². The molecule has 2 heterocycles. The number of ether oxygens (including phenoxy) is 1. The van der Waals surface area contributed by atoms with Gasteiger partial charge in [-0.05, 0) is 67.9 Å². The molecule has 0 bridgehead atoms. The van der Waals surface area contributed by atoms with E-state index in [9.17, 15) is 19.7 Å². The molecule has 0 fully saturated rings. The summed E-state index contributed by atoms with van der Waals surface area (Å²) in [4.78, 5) is 45.1. The van der Waals surface area contributed by atoms with E-state index in [0.717, 1.165) is 10.9 Å². The van der Waals surface area contributed by atoms with Crippen LogP contribution in [0.1, 0.15) is 38.6 Å². The second-order valence-electron chi connectivity index (χ2n) is 8.19. The van der Waals surface area contributed by atoms with E-state index < -0.39 is 11.1 Å². The van der Waals surface area contributed by atoms with Crippen molar-refractivity contribution in [2.45, 2.75) is 33.5 Å². The van der Waals surface area contributed by atoms with Gasteiger partial charge in [0.05, 0.1) is 23.3 Å². The summed E-state index contributed by atoms with van der Waals surface area (Å²) in [6.07, 6.45) is -0.0448. The maximum atomic E-state index is 13.4. The van der Waals surface area contributed by atoms with Gasteiger partial charge >= 0.3 is 5.97 Å². The van der Waals surface area contributed by atoms with E-state index in [0.29, 0.717) is 38.7 Å². The predicted octanol–water partition coefficient (Wildman–Crippen LogP) is 4.99. The van der Waals surface area contributed by atoms with Crippen LogP contribution >= 0.6 is 11.6 Å². The lowest BCUT2D eigenvalue weighted by atomic mass is 10.1. The van der Waals surface area contributed by atoms with Crippen molar-refractivity contribution in [3.05, 3.63) is 110 Å². The maximum absolute atomic E-state index is 13.4. The van der Waals surface area contributed by atoms with Gasteiger partial charge in [0, 0.05) is 21.7 Å². The lowest BCUT2D eigenvalue weighted by Crippen LogP contribution is -2.14. The van der Waals surface area contributed by atoms with Gasteiger partial charge in [-0.15, -0.1) is 10.1 Å². The third-order valence-corrected chi connectivity index (χ3v) is 5.92. The van der Waals surface area contributed by atoms with E-state index in [2.05, 4.69) is 9.82 Å². The fraction of sp³-hybridized carbons (Fsp3) is 0.192. The summed E-state index contributed by atoms with van der Waals surface area (Å²) < 4.78 is 7.03. The molecule has 0 radical (unpaired) electrons. The zero-order valence-corrected chi connectivity index (χ0v) is 20.3. The predicted molar refractivity (Wildman–Crippen MR) is 132 cm³/mol. The number of fused-ring (bicyclic) bond motifs is 1. The highest BCUT2D eigenvalue weighted by Crippen LogP contribution is 2.29. The molecule has 9 nitrogen and oxygen atoms in total. The Bertz CT molecular complexity index is 1460. The van der Waals surface area contributed by atoms with Gasteiger partial charge in [0.25, 0.3) is 11.0 Å². The van der Waals surface area contributed by atoms with Crippen molar-refractivity contribution in [3.63, 3.8) is 0 Å². The van der Waals surface area contributed by atoms with E-state index in [4.69, 9.17) is 16.3 Å². The van der Waals surface area contributed by atoms with Crippen LogP contribution in [0.4, 0.5) is 0 Å². The molecule has 0 atom stereocenters. The highest BCUT2D eigenvalue weighted by Gasteiger charge is 2.22. The van der Waals surface area contributed by atoms with Crippen molar-refractivity contribution in [1.29, 1.82) is 0 Å². The number of carbonyl (C=O) groups is 2. The molecule has 0 N–H and O–H groups in total. The van der Waals surface area contributed by atoms with E-state index in [1.807, 2.05) is 25.1 Å². The Kier molecular flexibility index (Phi) is 7.30. The Labute approximate surface area is 211 Å². The van der Waals surface area contributed by atoms with Gasteiger partial charge in [-0.25, -0.2) is 0 Å². The van der Waals surface area contributed by atoms with Crippen LogP contribution in [0.3, 0.4) is 0 Å². The summed E-state index contributed by atoms with van der Waals surface area (Å²) in [5.74, 6) is -0.720. The number of halogens is 1. The Morgan fingerprint density at radius 2 is 1.72 bits per heavy atom. The standard InChI is InChI=1S/C26H22ClN3O6/c1-16-6-11-24-23(12-16)22(17(2)29(24)26(32)18-7-9-19(27)10-8-18)13-25(31)35-14-20-4-3-5-21(28-20)15-36-30(33)34/h3-12H,13-15H2,1-2H3. The third-order valence-electron chi connectivity index (χ3n) is 5.67. The van der Waals surface area contributed by atoms with Crippen molar-refractivity contribution >= 4 is 34.4 Å². The number of aryl methyl sites for hydroxylation is 1. The van der Waals surface area contributed by atoms with Gasteiger partial charge in [-0.3, -0.25) is 19.1 Å². The van der Waals surface area contributed by atoms with Crippen molar-refractivity contribution in [1.82, 2.24) is 9.55 Å². The molecular formula is C26H22ClN3O6. The van der Waals surface area contributed by atoms with Crippen LogP contribution in [0.15, 0.2) is 60.7 Å². The minimum Gasteiger partial charge on any atom is -0.459 e. The molecule has 184 valence electrons. The molecule has 0 aliphatic carbocycles. The first-order valence-corrected chi connectivity index (χ1v) is 11.4. The van der Waals surface area contributed by atoms with Crippen LogP contribution in [0.2, 0.25) is 5.02 Å². The smallest absolute Gasteiger partial charge is 0.310 e. The van der Waals surface area contributed by atoms with Gasteiger partial charge < -0.3 is 9.57 Å². The SMILES string of the molecule is Cc1ccc2c(c1)c(CC(=O)OCc1cccc(CO[N+](=O)[O-])n1)c(C)n2C(=O)c1ccc(Cl)cc1.